The van der Waals surface area contributed by atoms with Crippen molar-refractivity contribution >= 4 is 17.7 Å². The number of hydrogen-bond donors (Lipinski definition) is 1. The maximum absolute atomic E-state index is 12.0. The van der Waals surface area contributed by atoms with Crippen molar-refractivity contribution in [3.63, 3.8) is 0 Å². The molecule has 1 N–H and O–H groups in total. The molecule has 1 aromatic carbocycles. The fourth-order valence-electron chi connectivity index (χ4n) is 1.72. The number of carbonyl (C=O) groups excluding carboxylic acids is 2. The minimum absolute atomic E-state index is 0.0911. The molecule has 0 bridgehead atoms. The molecule has 1 fully saturated rings. The number of likely N-dealkylation sites (N-methyl/N-ethyl adjacent to an activating group) is 1. The Balaban J connectivity index is 2.12. The molecule has 0 radical (unpaired) electrons. The number of amides is 2. The first-order valence-corrected chi connectivity index (χ1v) is 5.35. The van der Waals surface area contributed by atoms with E-state index in [0.717, 1.165) is 11.3 Å². The first-order valence-electron chi connectivity index (χ1n) is 5.35. The number of nitrogens with one attached hydrogen (secondary N) is 1. The average Bonchev–Trinajstić information content (AvgIpc) is 2.74. The largest absolute Gasteiger partial charge is 0.447 e. The molecule has 90 valence electrons. The molecule has 0 aliphatic carbocycles. The van der Waals surface area contributed by atoms with Crippen LogP contribution < -0.4 is 10.2 Å². The van der Waals surface area contributed by atoms with E-state index in [0.29, 0.717) is 0 Å². The SMILES string of the molecule is Cc1cccc(N(C)C(=O)[C@@H]2COC(=O)N2)c1. The van der Waals surface area contributed by atoms with E-state index in [1.54, 1.807) is 7.05 Å². The fraction of sp³-hybridized carbons (Fsp3) is 0.333. The topological polar surface area (TPSA) is 58.6 Å². The molecule has 1 atom stereocenters. The van der Waals surface area contributed by atoms with Crippen LogP contribution in [0.1, 0.15) is 5.56 Å². The van der Waals surface area contributed by atoms with Crippen LogP contribution in [0.5, 0.6) is 0 Å². The third-order valence-corrected chi connectivity index (χ3v) is 2.69. The molecule has 0 spiro atoms. The van der Waals surface area contributed by atoms with Gasteiger partial charge in [-0.2, -0.15) is 0 Å². The van der Waals surface area contributed by atoms with E-state index in [-0.39, 0.29) is 12.5 Å². The van der Waals surface area contributed by atoms with E-state index < -0.39 is 12.1 Å². The second-order valence-corrected chi connectivity index (χ2v) is 4.03. The summed E-state index contributed by atoms with van der Waals surface area (Å²) in [6, 6.07) is 7.02. The van der Waals surface area contributed by atoms with Gasteiger partial charge in [0.1, 0.15) is 12.6 Å². The summed E-state index contributed by atoms with van der Waals surface area (Å²) in [4.78, 5) is 24.4. The van der Waals surface area contributed by atoms with Crippen molar-refractivity contribution in [2.75, 3.05) is 18.6 Å². The number of benzene rings is 1. The molecule has 0 unspecified atom stereocenters. The van der Waals surface area contributed by atoms with Crippen LogP contribution >= 0.6 is 0 Å². The predicted molar refractivity (Wildman–Crippen MR) is 62.9 cm³/mol. The lowest BCUT2D eigenvalue weighted by Crippen LogP contribution is -2.44. The lowest BCUT2D eigenvalue weighted by molar-refractivity contribution is -0.120. The second kappa shape index (κ2) is 4.45. The highest BCUT2D eigenvalue weighted by molar-refractivity contribution is 5.99. The van der Waals surface area contributed by atoms with Crippen molar-refractivity contribution in [2.24, 2.45) is 0 Å². The quantitative estimate of drug-likeness (QED) is 0.832. The van der Waals surface area contributed by atoms with Crippen LogP contribution in [0.25, 0.3) is 0 Å². The van der Waals surface area contributed by atoms with Gasteiger partial charge in [-0.3, -0.25) is 4.79 Å². The Kier molecular flexibility index (Phi) is 2.99. The Bertz CT molecular complexity index is 459. The minimum Gasteiger partial charge on any atom is -0.447 e. The van der Waals surface area contributed by atoms with Gasteiger partial charge in [0.15, 0.2) is 0 Å². The van der Waals surface area contributed by atoms with E-state index in [2.05, 4.69) is 5.32 Å². The first-order chi connectivity index (χ1) is 8.08. The summed E-state index contributed by atoms with van der Waals surface area (Å²) in [6.07, 6.45) is -0.541. The molecular weight excluding hydrogens is 220 g/mol. The number of anilines is 1. The van der Waals surface area contributed by atoms with Gasteiger partial charge in [-0.1, -0.05) is 12.1 Å². The molecule has 0 aromatic heterocycles. The summed E-state index contributed by atoms with van der Waals surface area (Å²) in [5.74, 6) is -0.179. The summed E-state index contributed by atoms with van der Waals surface area (Å²) in [5, 5.41) is 2.47. The van der Waals surface area contributed by atoms with Crippen LogP contribution in [0.15, 0.2) is 24.3 Å². The van der Waals surface area contributed by atoms with E-state index in [9.17, 15) is 9.59 Å². The van der Waals surface area contributed by atoms with Gasteiger partial charge in [-0.25, -0.2) is 4.79 Å². The van der Waals surface area contributed by atoms with Gasteiger partial charge >= 0.3 is 6.09 Å². The molecular formula is C12H14N2O3. The van der Waals surface area contributed by atoms with Gasteiger partial charge in [-0.05, 0) is 24.6 Å². The molecule has 1 aliphatic rings. The van der Waals surface area contributed by atoms with Crippen molar-refractivity contribution in [1.82, 2.24) is 5.32 Å². The number of nitrogens with zero attached hydrogens (tertiary/aromatic N) is 1. The Labute approximate surface area is 99.4 Å². The van der Waals surface area contributed by atoms with Crippen molar-refractivity contribution < 1.29 is 14.3 Å². The molecule has 2 rings (SSSR count). The highest BCUT2D eigenvalue weighted by atomic mass is 16.6. The van der Waals surface area contributed by atoms with Crippen molar-refractivity contribution in [3.8, 4) is 0 Å². The van der Waals surface area contributed by atoms with Gasteiger partial charge in [0.05, 0.1) is 0 Å². The van der Waals surface area contributed by atoms with Crippen LogP contribution in [0.2, 0.25) is 0 Å². The minimum atomic E-state index is -0.590. The Morgan fingerprint density at radius 1 is 1.53 bits per heavy atom. The summed E-state index contributed by atoms with van der Waals surface area (Å²) in [7, 11) is 1.68. The highest BCUT2D eigenvalue weighted by Gasteiger charge is 2.31. The lowest BCUT2D eigenvalue weighted by atomic mass is 10.2. The lowest BCUT2D eigenvalue weighted by Gasteiger charge is -2.20. The van der Waals surface area contributed by atoms with Crippen molar-refractivity contribution in [3.05, 3.63) is 29.8 Å². The average molecular weight is 234 g/mol. The number of carbonyl (C=O) groups is 2. The van der Waals surface area contributed by atoms with Gasteiger partial charge in [0.25, 0.3) is 5.91 Å². The van der Waals surface area contributed by atoms with Gasteiger partial charge in [-0.15, -0.1) is 0 Å². The van der Waals surface area contributed by atoms with Crippen molar-refractivity contribution in [1.29, 1.82) is 0 Å². The van der Waals surface area contributed by atoms with Crippen LogP contribution in [0.3, 0.4) is 0 Å². The fourth-order valence-corrected chi connectivity index (χ4v) is 1.72. The molecule has 17 heavy (non-hydrogen) atoms. The van der Waals surface area contributed by atoms with Crippen LogP contribution in [-0.4, -0.2) is 31.7 Å². The van der Waals surface area contributed by atoms with Gasteiger partial charge in [0.2, 0.25) is 0 Å². The zero-order chi connectivity index (χ0) is 12.4. The summed E-state index contributed by atoms with van der Waals surface area (Å²) in [6.45, 7) is 2.05. The van der Waals surface area contributed by atoms with Gasteiger partial charge < -0.3 is 15.0 Å². The Morgan fingerprint density at radius 2 is 2.29 bits per heavy atom. The first kappa shape index (κ1) is 11.4. The summed E-state index contributed by atoms with van der Waals surface area (Å²) < 4.78 is 4.70. The number of alkyl carbamates (subject to hydrolysis) is 1. The predicted octanol–water partition coefficient (Wildman–Crippen LogP) is 1.07. The van der Waals surface area contributed by atoms with Gasteiger partial charge in [0, 0.05) is 12.7 Å². The highest BCUT2D eigenvalue weighted by Crippen LogP contribution is 2.16. The normalized spacial score (nSPS) is 18.5. The maximum Gasteiger partial charge on any atom is 0.407 e. The van der Waals surface area contributed by atoms with E-state index in [4.69, 9.17) is 4.74 Å². The van der Waals surface area contributed by atoms with Crippen LogP contribution in [-0.2, 0) is 9.53 Å². The van der Waals surface area contributed by atoms with Crippen molar-refractivity contribution in [2.45, 2.75) is 13.0 Å². The summed E-state index contributed by atoms with van der Waals surface area (Å²) >= 11 is 0. The number of rotatable bonds is 2. The van der Waals surface area contributed by atoms with E-state index in [1.165, 1.54) is 4.90 Å². The zero-order valence-electron chi connectivity index (χ0n) is 9.77. The molecule has 1 heterocycles. The number of ether oxygens (including phenoxy) is 1. The molecule has 5 heteroatoms. The third kappa shape index (κ3) is 2.38. The zero-order valence-corrected chi connectivity index (χ0v) is 9.77. The Morgan fingerprint density at radius 3 is 2.88 bits per heavy atom. The molecule has 2 amide bonds. The number of aryl methyl sites for hydroxylation is 1. The third-order valence-electron chi connectivity index (χ3n) is 2.69. The second-order valence-electron chi connectivity index (χ2n) is 4.03. The number of hydrogen-bond acceptors (Lipinski definition) is 3. The molecule has 5 nitrogen and oxygen atoms in total. The smallest absolute Gasteiger partial charge is 0.407 e. The van der Waals surface area contributed by atoms with E-state index >= 15 is 0 Å². The van der Waals surface area contributed by atoms with Crippen LogP contribution in [0, 0.1) is 6.92 Å². The number of cyclic esters (lactones) is 1. The van der Waals surface area contributed by atoms with E-state index in [1.807, 2.05) is 31.2 Å². The molecule has 1 aliphatic heterocycles. The molecule has 1 saturated heterocycles. The Hall–Kier alpha value is -2.04. The standard InChI is InChI=1S/C12H14N2O3/c1-8-4-3-5-9(6-8)14(2)11(15)10-7-17-12(16)13-10/h3-6,10H,7H2,1-2H3,(H,13,16)/t10-/m0/s1. The monoisotopic (exact) mass is 234 g/mol. The van der Waals surface area contributed by atoms with Crippen LogP contribution in [0.4, 0.5) is 10.5 Å². The molecule has 0 saturated carbocycles. The maximum atomic E-state index is 12.0. The summed E-state index contributed by atoms with van der Waals surface area (Å²) in [5.41, 5.74) is 1.88. The molecule has 1 aromatic rings.